The van der Waals surface area contributed by atoms with Gasteiger partial charge in [0.2, 0.25) is 5.91 Å². The quantitative estimate of drug-likeness (QED) is 0.718. The van der Waals surface area contributed by atoms with E-state index >= 15 is 0 Å². The van der Waals surface area contributed by atoms with Gasteiger partial charge >= 0.3 is 12.0 Å². The molecule has 1 atom stereocenters. The highest BCUT2D eigenvalue weighted by molar-refractivity contribution is 6.09. The van der Waals surface area contributed by atoms with Crippen molar-refractivity contribution in [2.75, 3.05) is 13.6 Å². The molecule has 1 aromatic carbocycles. The molecule has 0 radical (unpaired) electrons. The maximum atomic E-state index is 12.9. The minimum atomic E-state index is -1.17. The molecular weight excluding hydrogens is 362 g/mol. The number of nitrogens with one attached hydrogen (secondary N) is 1. The third-order valence-electron chi connectivity index (χ3n) is 5.70. The van der Waals surface area contributed by atoms with Crippen molar-refractivity contribution in [3.8, 4) is 0 Å². The van der Waals surface area contributed by atoms with Gasteiger partial charge in [-0.1, -0.05) is 49.6 Å². The van der Waals surface area contributed by atoms with Gasteiger partial charge in [0.1, 0.15) is 18.1 Å². The number of aliphatic carboxylic acids is 1. The van der Waals surface area contributed by atoms with Crippen LogP contribution in [-0.2, 0) is 20.8 Å². The number of hydrogen-bond donors (Lipinski definition) is 2. The monoisotopic (exact) mass is 387 g/mol. The Morgan fingerprint density at radius 2 is 1.79 bits per heavy atom. The van der Waals surface area contributed by atoms with Gasteiger partial charge in [-0.05, 0) is 18.4 Å². The second kappa shape index (κ2) is 8.00. The predicted molar refractivity (Wildman–Crippen MR) is 100 cm³/mol. The molecule has 1 aliphatic carbocycles. The van der Waals surface area contributed by atoms with Gasteiger partial charge in [0, 0.05) is 13.5 Å². The maximum absolute atomic E-state index is 12.9. The number of carboxylic acid groups (broad SMARTS) is 1. The third kappa shape index (κ3) is 3.72. The highest BCUT2D eigenvalue weighted by Gasteiger charge is 2.55. The van der Waals surface area contributed by atoms with Gasteiger partial charge in [0.25, 0.3) is 5.91 Å². The fourth-order valence-electron chi connectivity index (χ4n) is 4.10. The topological polar surface area (TPSA) is 107 Å². The lowest BCUT2D eigenvalue weighted by Crippen LogP contribution is -2.50. The summed E-state index contributed by atoms with van der Waals surface area (Å²) >= 11 is 0. The van der Waals surface area contributed by atoms with Gasteiger partial charge in [0.05, 0.1) is 0 Å². The number of benzene rings is 1. The number of carbonyl (C=O) groups excluding carboxylic acids is 3. The molecule has 1 spiro atoms. The van der Waals surface area contributed by atoms with Crippen LogP contribution in [0.2, 0.25) is 0 Å². The summed E-state index contributed by atoms with van der Waals surface area (Å²) in [5.41, 5.74) is -0.0873. The summed E-state index contributed by atoms with van der Waals surface area (Å²) in [7, 11) is 1.60. The molecule has 0 aromatic heterocycles. The van der Waals surface area contributed by atoms with Gasteiger partial charge in [-0.25, -0.2) is 9.59 Å². The molecule has 8 nitrogen and oxygen atoms in total. The standard InChI is InChI=1S/C20H25N3O5/c1-22-19(28)23(18(27)20(22)10-6-3-7-11-20)13-16(24)21-15(17(25)26)12-14-8-4-2-5-9-14/h2,4-5,8-9,15H,3,6-7,10-13H2,1H3,(H,21,24)(H,25,26). The SMILES string of the molecule is CN1C(=O)N(CC(=O)NC(Cc2ccccc2)C(=O)O)C(=O)C12CCCCC2. The molecule has 28 heavy (non-hydrogen) atoms. The Hall–Kier alpha value is -2.90. The molecule has 1 saturated carbocycles. The van der Waals surface area contributed by atoms with E-state index in [2.05, 4.69) is 5.32 Å². The zero-order valence-corrected chi connectivity index (χ0v) is 15.9. The first-order chi connectivity index (χ1) is 13.3. The lowest BCUT2D eigenvalue weighted by Gasteiger charge is -2.35. The molecule has 1 saturated heterocycles. The summed E-state index contributed by atoms with van der Waals surface area (Å²) in [5.74, 6) is -2.19. The van der Waals surface area contributed by atoms with Crippen LogP contribution < -0.4 is 5.32 Å². The highest BCUT2D eigenvalue weighted by atomic mass is 16.4. The Kier molecular flexibility index (Phi) is 5.67. The molecule has 8 heteroatoms. The van der Waals surface area contributed by atoms with Crippen LogP contribution in [0.5, 0.6) is 0 Å². The van der Waals surface area contributed by atoms with E-state index in [0.717, 1.165) is 29.7 Å². The molecule has 2 fully saturated rings. The van der Waals surface area contributed by atoms with E-state index in [9.17, 15) is 24.3 Å². The van der Waals surface area contributed by atoms with Gasteiger partial charge < -0.3 is 15.3 Å². The summed E-state index contributed by atoms with van der Waals surface area (Å²) in [6.45, 7) is -0.470. The maximum Gasteiger partial charge on any atom is 0.327 e. The first kappa shape index (κ1) is 19.9. The number of urea groups is 1. The van der Waals surface area contributed by atoms with Gasteiger partial charge in [-0.15, -0.1) is 0 Å². The number of amides is 4. The average Bonchev–Trinajstić information content (AvgIpc) is 2.85. The number of imide groups is 1. The van der Waals surface area contributed by atoms with Crippen LogP contribution >= 0.6 is 0 Å². The van der Waals surface area contributed by atoms with E-state index in [4.69, 9.17) is 0 Å². The van der Waals surface area contributed by atoms with E-state index in [1.54, 1.807) is 31.3 Å². The second-order valence-electron chi connectivity index (χ2n) is 7.47. The van der Waals surface area contributed by atoms with Crippen LogP contribution in [0, 0.1) is 0 Å². The number of likely N-dealkylation sites (N-methyl/N-ethyl adjacent to an activating group) is 1. The first-order valence-electron chi connectivity index (χ1n) is 9.51. The Morgan fingerprint density at radius 1 is 1.14 bits per heavy atom. The number of rotatable bonds is 6. The highest BCUT2D eigenvalue weighted by Crippen LogP contribution is 2.39. The van der Waals surface area contributed by atoms with Crippen molar-refractivity contribution in [2.24, 2.45) is 0 Å². The van der Waals surface area contributed by atoms with Gasteiger partial charge in [-0.3, -0.25) is 14.5 Å². The van der Waals surface area contributed by atoms with Gasteiger partial charge in [0.15, 0.2) is 0 Å². The van der Waals surface area contributed by atoms with Gasteiger partial charge in [-0.2, -0.15) is 0 Å². The largest absolute Gasteiger partial charge is 0.480 e. The Bertz CT molecular complexity index is 773. The fraction of sp³-hybridized carbons (Fsp3) is 0.500. The smallest absolute Gasteiger partial charge is 0.327 e. The molecule has 150 valence electrons. The van der Waals surface area contributed by atoms with Crippen molar-refractivity contribution in [2.45, 2.75) is 50.1 Å². The molecule has 2 aliphatic rings. The molecule has 3 rings (SSSR count). The molecule has 2 N–H and O–H groups in total. The van der Waals surface area contributed by atoms with Crippen LogP contribution in [0.3, 0.4) is 0 Å². The Labute approximate surface area is 163 Å². The number of hydrogen-bond acceptors (Lipinski definition) is 4. The van der Waals surface area contributed by atoms with Crippen LogP contribution in [0.1, 0.15) is 37.7 Å². The minimum Gasteiger partial charge on any atom is -0.480 e. The summed E-state index contributed by atoms with van der Waals surface area (Å²) in [5, 5.41) is 11.9. The van der Waals surface area contributed by atoms with Crippen molar-refractivity contribution in [3.05, 3.63) is 35.9 Å². The lowest BCUT2D eigenvalue weighted by atomic mass is 9.81. The van der Waals surface area contributed by atoms with E-state index in [1.165, 1.54) is 4.90 Å². The van der Waals surface area contributed by atoms with Crippen molar-refractivity contribution in [3.63, 3.8) is 0 Å². The van der Waals surface area contributed by atoms with Crippen LogP contribution in [0.4, 0.5) is 4.79 Å². The van der Waals surface area contributed by atoms with E-state index < -0.39 is 36.0 Å². The van der Waals surface area contributed by atoms with Crippen molar-refractivity contribution in [1.82, 2.24) is 15.1 Å². The van der Waals surface area contributed by atoms with Crippen molar-refractivity contribution >= 4 is 23.8 Å². The van der Waals surface area contributed by atoms with E-state index in [-0.39, 0.29) is 12.3 Å². The summed E-state index contributed by atoms with van der Waals surface area (Å²) < 4.78 is 0. The minimum absolute atomic E-state index is 0.119. The lowest BCUT2D eigenvalue weighted by molar-refractivity contribution is -0.142. The first-order valence-corrected chi connectivity index (χ1v) is 9.51. The second-order valence-corrected chi connectivity index (χ2v) is 7.47. The predicted octanol–water partition coefficient (Wildman–Crippen LogP) is 1.40. The summed E-state index contributed by atoms with van der Waals surface area (Å²) in [6, 6.07) is 7.31. The fourth-order valence-corrected chi connectivity index (χ4v) is 4.10. The number of carbonyl (C=O) groups is 4. The summed E-state index contributed by atoms with van der Waals surface area (Å²) in [4.78, 5) is 51.8. The molecule has 4 amide bonds. The molecular formula is C20H25N3O5. The number of carboxylic acids is 1. The van der Waals surface area contributed by atoms with Crippen molar-refractivity contribution in [1.29, 1.82) is 0 Å². The molecule has 1 aromatic rings. The molecule has 1 heterocycles. The Balaban J connectivity index is 1.67. The van der Waals surface area contributed by atoms with Crippen molar-refractivity contribution < 1.29 is 24.3 Å². The molecule has 1 aliphatic heterocycles. The molecule has 0 bridgehead atoms. The third-order valence-corrected chi connectivity index (χ3v) is 5.70. The Morgan fingerprint density at radius 3 is 2.39 bits per heavy atom. The van der Waals surface area contributed by atoms with Crippen LogP contribution in [0.25, 0.3) is 0 Å². The van der Waals surface area contributed by atoms with E-state index in [0.29, 0.717) is 12.8 Å². The average molecular weight is 387 g/mol. The number of nitrogens with zero attached hydrogens (tertiary/aromatic N) is 2. The molecule has 1 unspecified atom stereocenters. The zero-order chi connectivity index (χ0) is 20.3. The van der Waals surface area contributed by atoms with E-state index in [1.807, 2.05) is 6.07 Å². The van der Waals surface area contributed by atoms with Crippen LogP contribution in [0.15, 0.2) is 30.3 Å². The van der Waals surface area contributed by atoms with Crippen LogP contribution in [-0.4, -0.2) is 63.9 Å². The summed E-state index contributed by atoms with van der Waals surface area (Å²) in [6.07, 6.45) is 4.06. The zero-order valence-electron chi connectivity index (χ0n) is 15.9. The normalized spacial score (nSPS) is 19.8.